The molecule has 2 heterocycles. The fraction of sp³-hybridized carbons (Fsp3) is 0.100. The van der Waals surface area contributed by atoms with Crippen LogP contribution in [0.1, 0.15) is 5.82 Å². The summed E-state index contributed by atoms with van der Waals surface area (Å²) in [4.78, 5) is 21.4. The average molecular weight is 343 g/mol. The molecule has 2 aromatic carbocycles. The number of rotatable bonds is 4. The number of hydrogen-bond acceptors (Lipinski definition) is 5. The first-order valence-electron chi connectivity index (χ1n) is 8.29. The van der Waals surface area contributed by atoms with E-state index in [9.17, 15) is 4.79 Å². The molecule has 26 heavy (non-hydrogen) atoms. The second kappa shape index (κ2) is 6.76. The van der Waals surface area contributed by atoms with Gasteiger partial charge in [-0.1, -0.05) is 42.5 Å². The van der Waals surface area contributed by atoms with Gasteiger partial charge in [-0.15, -0.1) is 10.2 Å². The molecule has 0 bridgehead atoms. The van der Waals surface area contributed by atoms with Crippen molar-refractivity contribution < 1.29 is 0 Å². The molecule has 2 aromatic heterocycles. The normalized spacial score (nSPS) is 10.8. The smallest absolute Gasteiger partial charge is 0.258 e. The zero-order chi connectivity index (χ0) is 17.9. The highest BCUT2D eigenvalue weighted by Crippen LogP contribution is 2.18. The van der Waals surface area contributed by atoms with Gasteiger partial charge in [-0.05, 0) is 24.3 Å². The van der Waals surface area contributed by atoms with Gasteiger partial charge in [-0.2, -0.15) is 0 Å². The molecule has 0 saturated carbocycles. The lowest BCUT2D eigenvalue weighted by Gasteiger charge is -2.17. The molecule has 0 spiro atoms. The fourth-order valence-electron chi connectivity index (χ4n) is 2.81. The molecule has 0 fully saturated rings. The predicted octanol–water partition coefficient (Wildman–Crippen LogP) is 3.02. The zero-order valence-electron chi connectivity index (χ0n) is 14.3. The van der Waals surface area contributed by atoms with Crippen LogP contribution < -0.4 is 10.5 Å². The Hall–Kier alpha value is -3.54. The van der Waals surface area contributed by atoms with Crippen molar-refractivity contribution in [1.29, 1.82) is 0 Å². The van der Waals surface area contributed by atoms with Gasteiger partial charge in [0.1, 0.15) is 5.82 Å². The van der Waals surface area contributed by atoms with Crippen molar-refractivity contribution in [3.05, 3.63) is 82.9 Å². The van der Waals surface area contributed by atoms with Crippen molar-refractivity contribution >= 4 is 16.7 Å². The molecule has 1 N–H and O–H groups in total. The summed E-state index contributed by atoms with van der Waals surface area (Å²) >= 11 is 0. The number of nitrogens with zero attached hydrogens (tertiary/aromatic N) is 4. The first-order chi connectivity index (χ1) is 12.7. The van der Waals surface area contributed by atoms with Gasteiger partial charge in [0.2, 0.25) is 0 Å². The predicted molar refractivity (Wildman–Crippen MR) is 102 cm³/mol. The summed E-state index contributed by atoms with van der Waals surface area (Å²) in [5.41, 5.74) is 2.39. The lowest BCUT2D eigenvalue weighted by molar-refractivity contribution is 0.812. The lowest BCUT2D eigenvalue weighted by Crippen LogP contribution is -2.22. The van der Waals surface area contributed by atoms with Crippen molar-refractivity contribution in [2.75, 3.05) is 11.9 Å². The van der Waals surface area contributed by atoms with Crippen LogP contribution >= 0.6 is 0 Å². The third-order valence-electron chi connectivity index (χ3n) is 4.16. The van der Waals surface area contributed by atoms with Crippen LogP contribution in [0.3, 0.4) is 0 Å². The highest BCUT2D eigenvalue weighted by molar-refractivity contribution is 5.77. The number of para-hydroxylation sites is 1. The summed E-state index contributed by atoms with van der Waals surface area (Å²) in [5.74, 6) is 1.30. The summed E-state index contributed by atoms with van der Waals surface area (Å²) < 4.78 is 0. The van der Waals surface area contributed by atoms with E-state index in [0.717, 1.165) is 11.3 Å². The molecule has 128 valence electrons. The van der Waals surface area contributed by atoms with E-state index >= 15 is 0 Å². The van der Waals surface area contributed by atoms with Crippen LogP contribution in [0.15, 0.2) is 71.5 Å². The van der Waals surface area contributed by atoms with Crippen LogP contribution in [0.25, 0.3) is 22.2 Å². The molecule has 0 unspecified atom stereocenters. The van der Waals surface area contributed by atoms with Gasteiger partial charge in [0.05, 0.1) is 23.1 Å². The topological polar surface area (TPSA) is 74.8 Å². The lowest BCUT2D eigenvalue weighted by atomic mass is 10.1. The first-order valence-corrected chi connectivity index (χ1v) is 8.29. The SMILES string of the molecule is CN(Cc1nc2ccccc2c(=O)[nH]1)c1ccc(-c2ccccc2)nn1. The average Bonchev–Trinajstić information content (AvgIpc) is 2.69. The zero-order valence-corrected chi connectivity index (χ0v) is 14.3. The van der Waals surface area contributed by atoms with Crippen LogP contribution in [-0.2, 0) is 6.54 Å². The molecule has 0 radical (unpaired) electrons. The minimum Gasteiger partial charge on any atom is -0.351 e. The van der Waals surface area contributed by atoms with Crippen molar-refractivity contribution in [2.45, 2.75) is 6.54 Å². The Labute approximate surface area is 150 Å². The number of nitrogens with one attached hydrogen (secondary N) is 1. The monoisotopic (exact) mass is 343 g/mol. The van der Waals surface area contributed by atoms with E-state index in [4.69, 9.17) is 0 Å². The Morgan fingerprint density at radius 2 is 1.69 bits per heavy atom. The van der Waals surface area contributed by atoms with Crippen LogP contribution in [0.5, 0.6) is 0 Å². The largest absolute Gasteiger partial charge is 0.351 e. The standard InChI is InChI=1S/C20H17N5O/c1-25(13-18-21-17-10-6-5-9-15(17)20(26)22-18)19-12-11-16(23-24-19)14-7-3-2-4-8-14/h2-12H,13H2,1H3,(H,21,22,26). The van der Waals surface area contributed by atoms with Gasteiger partial charge in [0, 0.05) is 12.6 Å². The van der Waals surface area contributed by atoms with Crippen LogP contribution in [-0.4, -0.2) is 27.2 Å². The Bertz CT molecular complexity index is 1090. The summed E-state index contributed by atoms with van der Waals surface area (Å²) in [6.07, 6.45) is 0. The molecule has 0 amide bonds. The summed E-state index contributed by atoms with van der Waals surface area (Å²) in [6.45, 7) is 0.430. The molecule has 0 aliphatic heterocycles. The minimum absolute atomic E-state index is 0.135. The highest BCUT2D eigenvalue weighted by atomic mass is 16.1. The Morgan fingerprint density at radius 1 is 0.923 bits per heavy atom. The van der Waals surface area contributed by atoms with E-state index in [1.165, 1.54) is 0 Å². The van der Waals surface area contributed by atoms with E-state index in [1.807, 2.05) is 72.6 Å². The van der Waals surface area contributed by atoms with Crippen molar-refractivity contribution in [3.8, 4) is 11.3 Å². The van der Waals surface area contributed by atoms with Gasteiger partial charge < -0.3 is 9.88 Å². The summed E-state index contributed by atoms with van der Waals surface area (Å²) in [5, 5.41) is 9.18. The van der Waals surface area contributed by atoms with Gasteiger partial charge in [-0.25, -0.2) is 4.98 Å². The van der Waals surface area contributed by atoms with Crippen LogP contribution in [0.2, 0.25) is 0 Å². The van der Waals surface area contributed by atoms with E-state index in [2.05, 4.69) is 20.2 Å². The highest BCUT2D eigenvalue weighted by Gasteiger charge is 2.09. The van der Waals surface area contributed by atoms with Crippen LogP contribution in [0, 0.1) is 0 Å². The Kier molecular flexibility index (Phi) is 4.15. The molecule has 4 rings (SSSR count). The van der Waals surface area contributed by atoms with Gasteiger partial charge in [-0.3, -0.25) is 4.79 Å². The van der Waals surface area contributed by atoms with Crippen molar-refractivity contribution in [2.24, 2.45) is 0 Å². The maximum absolute atomic E-state index is 12.2. The third-order valence-corrected chi connectivity index (χ3v) is 4.16. The van der Waals surface area contributed by atoms with Crippen molar-refractivity contribution in [3.63, 3.8) is 0 Å². The minimum atomic E-state index is -0.135. The summed E-state index contributed by atoms with van der Waals surface area (Å²) in [6, 6.07) is 21.1. The molecule has 0 aliphatic rings. The first kappa shape index (κ1) is 16.0. The van der Waals surface area contributed by atoms with Gasteiger partial charge >= 0.3 is 0 Å². The molecule has 6 heteroatoms. The van der Waals surface area contributed by atoms with Crippen molar-refractivity contribution in [1.82, 2.24) is 20.2 Å². The second-order valence-corrected chi connectivity index (χ2v) is 6.03. The molecule has 0 aliphatic carbocycles. The van der Waals surface area contributed by atoms with Crippen LogP contribution in [0.4, 0.5) is 5.82 Å². The number of fused-ring (bicyclic) bond motifs is 1. The quantitative estimate of drug-likeness (QED) is 0.616. The number of hydrogen-bond donors (Lipinski definition) is 1. The molecule has 0 saturated heterocycles. The Balaban J connectivity index is 1.57. The molecule has 0 atom stereocenters. The molecular formula is C20H17N5O. The van der Waals surface area contributed by atoms with Gasteiger partial charge in [0.25, 0.3) is 5.56 Å². The summed E-state index contributed by atoms with van der Waals surface area (Å²) in [7, 11) is 1.89. The number of benzene rings is 2. The van der Waals surface area contributed by atoms with E-state index in [0.29, 0.717) is 29.1 Å². The fourth-order valence-corrected chi connectivity index (χ4v) is 2.81. The van der Waals surface area contributed by atoms with Gasteiger partial charge in [0.15, 0.2) is 5.82 Å². The van der Waals surface area contributed by atoms with E-state index in [-0.39, 0.29) is 5.56 Å². The second-order valence-electron chi connectivity index (χ2n) is 6.03. The number of H-pyrrole nitrogens is 1. The van der Waals surface area contributed by atoms with E-state index in [1.54, 1.807) is 6.07 Å². The Morgan fingerprint density at radius 3 is 2.46 bits per heavy atom. The maximum Gasteiger partial charge on any atom is 0.258 e. The molecule has 6 nitrogen and oxygen atoms in total. The molecule has 4 aromatic rings. The number of aromatic amines is 1. The number of aromatic nitrogens is 4. The van der Waals surface area contributed by atoms with E-state index < -0.39 is 0 Å². The maximum atomic E-state index is 12.2. The number of anilines is 1. The third kappa shape index (κ3) is 3.17. The molecular weight excluding hydrogens is 326 g/mol.